The molecule has 96 valence electrons. The predicted molar refractivity (Wildman–Crippen MR) is 75.0 cm³/mol. The molecule has 0 aliphatic heterocycles. The van der Waals surface area contributed by atoms with Crippen molar-refractivity contribution in [2.45, 2.75) is 33.7 Å². The molecule has 0 aliphatic carbocycles. The average Bonchev–Trinajstić information content (AvgIpc) is 2.69. The monoisotopic (exact) mass is 243 g/mol. The van der Waals surface area contributed by atoms with Crippen LogP contribution in [0.1, 0.15) is 30.3 Å². The first-order valence-corrected chi connectivity index (χ1v) is 6.54. The Morgan fingerprint density at radius 2 is 2.06 bits per heavy atom. The summed E-state index contributed by atoms with van der Waals surface area (Å²) in [4.78, 5) is 0. The van der Waals surface area contributed by atoms with Crippen molar-refractivity contribution in [3.05, 3.63) is 47.3 Å². The van der Waals surface area contributed by atoms with Gasteiger partial charge in [0, 0.05) is 12.2 Å². The zero-order valence-electron chi connectivity index (χ0n) is 11.4. The Morgan fingerprint density at radius 1 is 1.22 bits per heavy atom. The van der Waals surface area contributed by atoms with Gasteiger partial charge in [0.2, 0.25) is 0 Å². The highest BCUT2D eigenvalue weighted by Gasteiger charge is 2.04. The van der Waals surface area contributed by atoms with Gasteiger partial charge in [0.15, 0.2) is 0 Å². The third kappa shape index (κ3) is 2.99. The van der Waals surface area contributed by atoms with Gasteiger partial charge in [-0.25, -0.2) is 4.68 Å². The lowest BCUT2D eigenvalue weighted by Crippen LogP contribution is -2.14. The molecule has 18 heavy (non-hydrogen) atoms. The number of benzene rings is 1. The van der Waals surface area contributed by atoms with Gasteiger partial charge >= 0.3 is 0 Å². The highest BCUT2D eigenvalue weighted by molar-refractivity contribution is 5.37. The fourth-order valence-electron chi connectivity index (χ4n) is 2.10. The van der Waals surface area contributed by atoms with E-state index in [4.69, 9.17) is 0 Å². The van der Waals surface area contributed by atoms with Crippen LogP contribution in [-0.2, 0) is 6.54 Å². The van der Waals surface area contributed by atoms with Gasteiger partial charge in [-0.05, 0) is 50.6 Å². The van der Waals surface area contributed by atoms with E-state index < -0.39 is 0 Å². The molecular weight excluding hydrogens is 222 g/mol. The SMILES string of the molecule is CCCNCc1cccc(-n2nc(C)cc2C)c1. The summed E-state index contributed by atoms with van der Waals surface area (Å²) in [5.41, 5.74) is 4.66. The molecule has 1 heterocycles. The Kier molecular flexibility index (Phi) is 4.15. The quantitative estimate of drug-likeness (QED) is 0.818. The molecule has 1 aromatic heterocycles. The van der Waals surface area contributed by atoms with Crippen molar-refractivity contribution in [1.82, 2.24) is 15.1 Å². The maximum atomic E-state index is 4.51. The third-order valence-electron chi connectivity index (χ3n) is 2.92. The first kappa shape index (κ1) is 12.8. The number of hydrogen-bond acceptors (Lipinski definition) is 2. The summed E-state index contributed by atoms with van der Waals surface area (Å²) < 4.78 is 2.00. The van der Waals surface area contributed by atoms with Crippen molar-refractivity contribution in [2.75, 3.05) is 6.54 Å². The second-order valence-corrected chi connectivity index (χ2v) is 4.69. The smallest absolute Gasteiger partial charge is 0.0651 e. The van der Waals surface area contributed by atoms with Crippen molar-refractivity contribution in [3.63, 3.8) is 0 Å². The van der Waals surface area contributed by atoms with Crippen LogP contribution in [0.4, 0.5) is 0 Å². The summed E-state index contributed by atoms with van der Waals surface area (Å²) in [6.07, 6.45) is 1.16. The Labute approximate surface area is 109 Å². The molecule has 0 spiro atoms. The summed E-state index contributed by atoms with van der Waals surface area (Å²) in [6, 6.07) is 10.6. The molecule has 0 fully saturated rings. The summed E-state index contributed by atoms with van der Waals surface area (Å²) in [7, 11) is 0. The molecule has 3 nitrogen and oxygen atoms in total. The number of rotatable bonds is 5. The van der Waals surface area contributed by atoms with E-state index in [-0.39, 0.29) is 0 Å². The molecular formula is C15H21N3. The Balaban J connectivity index is 2.19. The van der Waals surface area contributed by atoms with E-state index in [1.807, 2.05) is 11.6 Å². The van der Waals surface area contributed by atoms with Crippen LogP contribution in [0.25, 0.3) is 5.69 Å². The first-order valence-electron chi connectivity index (χ1n) is 6.54. The van der Waals surface area contributed by atoms with E-state index in [1.165, 1.54) is 11.3 Å². The largest absolute Gasteiger partial charge is 0.313 e. The van der Waals surface area contributed by atoms with Crippen LogP contribution >= 0.6 is 0 Å². The normalized spacial score (nSPS) is 10.8. The molecule has 2 rings (SSSR count). The van der Waals surface area contributed by atoms with Crippen molar-refractivity contribution < 1.29 is 0 Å². The van der Waals surface area contributed by atoms with Crippen molar-refractivity contribution >= 4 is 0 Å². The van der Waals surface area contributed by atoms with Gasteiger partial charge in [0.25, 0.3) is 0 Å². The minimum absolute atomic E-state index is 0.918. The van der Waals surface area contributed by atoms with Crippen LogP contribution in [0.15, 0.2) is 30.3 Å². The number of aromatic nitrogens is 2. The molecule has 0 saturated carbocycles. The Bertz CT molecular complexity index is 514. The lowest BCUT2D eigenvalue weighted by atomic mass is 10.2. The summed E-state index contributed by atoms with van der Waals surface area (Å²) >= 11 is 0. The molecule has 0 aliphatic rings. The summed E-state index contributed by atoms with van der Waals surface area (Å²) in [5.74, 6) is 0. The molecule has 0 unspecified atom stereocenters. The van der Waals surface area contributed by atoms with E-state index in [0.717, 1.165) is 30.9 Å². The minimum Gasteiger partial charge on any atom is -0.313 e. The molecule has 1 N–H and O–H groups in total. The zero-order valence-corrected chi connectivity index (χ0v) is 11.4. The topological polar surface area (TPSA) is 29.9 Å². The predicted octanol–water partition coefficient (Wildman–Crippen LogP) is 2.99. The molecule has 1 aromatic carbocycles. The van der Waals surface area contributed by atoms with Crippen LogP contribution in [0, 0.1) is 13.8 Å². The molecule has 2 aromatic rings. The maximum Gasteiger partial charge on any atom is 0.0651 e. The van der Waals surface area contributed by atoms with Gasteiger partial charge in [-0.15, -0.1) is 0 Å². The van der Waals surface area contributed by atoms with Gasteiger partial charge in [0.05, 0.1) is 11.4 Å². The van der Waals surface area contributed by atoms with Crippen LogP contribution in [0.2, 0.25) is 0 Å². The standard InChI is InChI=1S/C15H21N3/c1-4-8-16-11-14-6-5-7-15(10-14)18-13(3)9-12(2)17-18/h5-7,9-10,16H,4,8,11H2,1-3H3. The van der Waals surface area contributed by atoms with E-state index in [9.17, 15) is 0 Å². The number of nitrogens with zero attached hydrogens (tertiary/aromatic N) is 2. The van der Waals surface area contributed by atoms with Gasteiger partial charge in [-0.2, -0.15) is 5.10 Å². The molecule has 3 heteroatoms. The van der Waals surface area contributed by atoms with Gasteiger partial charge in [0.1, 0.15) is 0 Å². The second-order valence-electron chi connectivity index (χ2n) is 4.69. The maximum absolute atomic E-state index is 4.51. The number of nitrogens with one attached hydrogen (secondary N) is 1. The lowest BCUT2D eigenvalue weighted by molar-refractivity contribution is 0.674. The van der Waals surface area contributed by atoms with E-state index in [2.05, 4.69) is 54.6 Å². The lowest BCUT2D eigenvalue weighted by Gasteiger charge is -2.08. The van der Waals surface area contributed by atoms with E-state index in [1.54, 1.807) is 0 Å². The summed E-state index contributed by atoms with van der Waals surface area (Å²) in [5, 5.41) is 7.93. The van der Waals surface area contributed by atoms with Crippen LogP contribution < -0.4 is 5.32 Å². The Morgan fingerprint density at radius 3 is 2.72 bits per heavy atom. The van der Waals surface area contributed by atoms with Crippen LogP contribution in [0.3, 0.4) is 0 Å². The highest BCUT2D eigenvalue weighted by Crippen LogP contribution is 2.13. The molecule has 0 amide bonds. The van der Waals surface area contributed by atoms with Crippen LogP contribution in [-0.4, -0.2) is 16.3 Å². The number of hydrogen-bond donors (Lipinski definition) is 1. The van der Waals surface area contributed by atoms with Crippen molar-refractivity contribution in [1.29, 1.82) is 0 Å². The fraction of sp³-hybridized carbons (Fsp3) is 0.400. The van der Waals surface area contributed by atoms with E-state index >= 15 is 0 Å². The second kappa shape index (κ2) is 5.83. The molecule has 0 atom stereocenters. The van der Waals surface area contributed by atoms with Gasteiger partial charge in [-0.3, -0.25) is 0 Å². The highest BCUT2D eigenvalue weighted by atomic mass is 15.3. The van der Waals surface area contributed by atoms with Crippen LogP contribution in [0.5, 0.6) is 0 Å². The third-order valence-corrected chi connectivity index (χ3v) is 2.92. The average molecular weight is 243 g/mol. The first-order chi connectivity index (χ1) is 8.70. The van der Waals surface area contributed by atoms with E-state index in [0.29, 0.717) is 0 Å². The van der Waals surface area contributed by atoms with Crippen molar-refractivity contribution in [2.24, 2.45) is 0 Å². The molecule has 0 bridgehead atoms. The molecule has 0 radical (unpaired) electrons. The zero-order chi connectivity index (χ0) is 13.0. The fourth-order valence-corrected chi connectivity index (χ4v) is 2.10. The van der Waals surface area contributed by atoms with Gasteiger partial charge < -0.3 is 5.32 Å². The molecule has 0 saturated heterocycles. The minimum atomic E-state index is 0.918. The van der Waals surface area contributed by atoms with Gasteiger partial charge in [-0.1, -0.05) is 19.1 Å². The summed E-state index contributed by atoms with van der Waals surface area (Å²) in [6.45, 7) is 8.27. The van der Waals surface area contributed by atoms with Crippen molar-refractivity contribution in [3.8, 4) is 5.69 Å². The Hall–Kier alpha value is -1.61. The number of aryl methyl sites for hydroxylation is 2.